The highest BCUT2D eigenvalue weighted by atomic mass is 19.2. The van der Waals surface area contributed by atoms with Crippen LogP contribution < -0.4 is 15.0 Å². The standard InChI is InChI=1S/C27H35F2N3O4/c1-6-7-16-35-20-10-8-18(9-11-20)25(33)30-21-12-13-22(24(29)23(21)28)32-15-14-19(17-32)31(5)26(34)36-27(2,3)4/h8-13,19H,6-7,14-17H2,1-5H3,(H,30,33). The van der Waals surface area contributed by atoms with Crippen molar-refractivity contribution in [2.24, 2.45) is 0 Å². The molecule has 0 aromatic heterocycles. The van der Waals surface area contributed by atoms with Crippen LogP contribution in [0.1, 0.15) is 57.3 Å². The van der Waals surface area contributed by atoms with E-state index < -0.39 is 29.2 Å². The van der Waals surface area contributed by atoms with Gasteiger partial charge in [-0.15, -0.1) is 0 Å². The summed E-state index contributed by atoms with van der Waals surface area (Å²) in [5, 5.41) is 2.44. The minimum absolute atomic E-state index is 0.0826. The molecule has 0 aliphatic carbocycles. The molecule has 1 N–H and O–H groups in total. The summed E-state index contributed by atoms with van der Waals surface area (Å²) in [5.74, 6) is -2.10. The summed E-state index contributed by atoms with van der Waals surface area (Å²) in [4.78, 5) is 28.1. The van der Waals surface area contributed by atoms with Crippen molar-refractivity contribution < 1.29 is 27.8 Å². The smallest absolute Gasteiger partial charge is 0.410 e. The normalized spacial score (nSPS) is 15.5. The molecule has 1 aliphatic rings. The first-order valence-corrected chi connectivity index (χ1v) is 12.2. The van der Waals surface area contributed by atoms with Crippen LogP contribution in [-0.2, 0) is 4.74 Å². The summed E-state index contributed by atoms with van der Waals surface area (Å²) in [5.41, 5.74) is -0.483. The highest BCUT2D eigenvalue weighted by Crippen LogP contribution is 2.31. The van der Waals surface area contributed by atoms with Gasteiger partial charge in [-0.25, -0.2) is 13.6 Å². The van der Waals surface area contributed by atoms with Crippen molar-refractivity contribution in [1.82, 2.24) is 4.90 Å². The first-order valence-electron chi connectivity index (χ1n) is 12.2. The number of amides is 2. The molecular formula is C27H35F2N3O4. The second kappa shape index (κ2) is 11.6. The molecule has 2 aromatic rings. The van der Waals surface area contributed by atoms with E-state index in [2.05, 4.69) is 12.2 Å². The van der Waals surface area contributed by atoms with E-state index in [9.17, 15) is 18.4 Å². The number of hydrogen-bond acceptors (Lipinski definition) is 5. The minimum Gasteiger partial charge on any atom is -0.494 e. The van der Waals surface area contributed by atoms with Crippen LogP contribution in [0.25, 0.3) is 0 Å². The summed E-state index contributed by atoms with van der Waals surface area (Å²) in [6, 6.07) is 9.07. The van der Waals surface area contributed by atoms with E-state index in [-0.39, 0.29) is 17.4 Å². The average Bonchev–Trinajstić information content (AvgIpc) is 3.31. The number of unbranched alkanes of at least 4 members (excludes halogenated alkanes) is 1. The van der Waals surface area contributed by atoms with Gasteiger partial charge in [-0.3, -0.25) is 4.79 Å². The molecule has 196 valence electrons. The summed E-state index contributed by atoms with van der Waals surface area (Å²) in [7, 11) is 1.64. The molecule has 0 spiro atoms. The lowest BCUT2D eigenvalue weighted by Crippen LogP contribution is -2.42. The molecule has 1 unspecified atom stereocenters. The Morgan fingerprint density at radius 2 is 1.81 bits per heavy atom. The van der Waals surface area contributed by atoms with Gasteiger partial charge in [-0.1, -0.05) is 13.3 Å². The van der Waals surface area contributed by atoms with Gasteiger partial charge in [0.05, 0.1) is 24.0 Å². The van der Waals surface area contributed by atoms with Crippen LogP contribution in [0, 0.1) is 11.6 Å². The quantitative estimate of drug-likeness (QED) is 0.458. The zero-order valence-corrected chi connectivity index (χ0v) is 21.6. The van der Waals surface area contributed by atoms with Crippen LogP contribution in [0.4, 0.5) is 25.0 Å². The van der Waals surface area contributed by atoms with Crippen molar-refractivity contribution in [2.45, 2.75) is 58.6 Å². The maximum atomic E-state index is 15.0. The van der Waals surface area contributed by atoms with Crippen LogP contribution >= 0.6 is 0 Å². The third kappa shape index (κ3) is 6.86. The van der Waals surface area contributed by atoms with E-state index in [1.54, 1.807) is 57.0 Å². The molecule has 2 aromatic carbocycles. The molecular weight excluding hydrogens is 468 g/mol. The van der Waals surface area contributed by atoms with Crippen molar-refractivity contribution in [1.29, 1.82) is 0 Å². The number of rotatable bonds is 8. The third-order valence-corrected chi connectivity index (χ3v) is 5.93. The number of benzene rings is 2. The lowest BCUT2D eigenvalue weighted by atomic mass is 10.2. The Morgan fingerprint density at radius 1 is 1.11 bits per heavy atom. The van der Waals surface area contributed by atoms with Crippen molar-refractivity contribution in [3.05, 3.63) is 53.6 Å². The molecule has 0 bridgehead atoms. The van der Waals surface area contributed by atoms with E-state index in [1.165, 1.54) is 17.0 Å². The van der Waals surface area contributed by atoms with Crippen molar-refractivity contribution >= 4 is 23.4 Å². The molecule has 0 saturated carbocycles. The number of nitrogens with one attached hydrogen (secondary N) is 1. The third-order valence-electron chi connectivity index (χ3n) is 5.93. The average molecular weight is 504 g/mol. The Bertz CT molecular complexity index is 1070. The van der Waals surface area contributed by atoms with Crippen LogP contribution in [0.5, 0.6) is 5.75 Å². The molecule has 1 atom stereocenters. The van der Waals surface area contributed by atoms with Gasteiger partial charge in [-0.05, 0) is 70.0 Å². The molecule has 1 heterocycles. The van der Waals surface area contributed by atoms with Crippen LogP contribution in [0.2, 0.25) is 0 Å². The van der Waals surface area contributed by atoms with Gasteiger partial charge in [0.25, 0.3) is 5.91 Å². The van der Waals surface area contributed by atoms with Crippen molar-refractivity contribution in [3.8, 4) is 5.75 Å². The van der Waals surface area contributed by atoms with E-state index in [0.29, 0.717) is 37.4 Å². The molecule has 36 heavy (non-hydrogen) atoms. The van der Waals surface area contributed by atoms with Gasteiger partial charge in [0.1, 0.15) is 11.4 Å². The number of hydrogen-bond donors (Lipinski definition) is 1. The monoisotopic (exact) mass is 503 g/mol. The second-order valence-electron chi connectivity index (χ2n) is 9.92. The Morgan fingerprint density at radius 3 is 2.44 bits per heavy atom. The molecule has 0 radical (unpaired) electrons. The number of likely N-dealkylation sites (N-methyl/N-ethyl adjacent to an activating group) is 1. The maximum Gasteiger partial charge on any atom is 0.410 e. The number of halogens is 2. The predicted octanol–water partition coefficient (Wildman–Crippen LogP) is 5.84. The van der Waals surface area contributed by atoms with E-state index in [4.69, 9.17) is 9.47 Å². The number of anilines is 2. The fraction of sp³-hybridized carbons (Fsp3) is 0.481. The molecule has 1 saturated heterocycles. The topological polar surface area (TPSA) is 71.1 Å². The van der Waals surface area contributed by atoms with E-state index in [1.807, 2.05) is 0 Å². The van der Waals surface area contributed by atoms with Gasteiger partial charge >= 0.3 is 6.09 Å². The van der Waals surface area contributed by atoms with Gasteiger partial charge in [0.2, 0.25) is 0 Å². The van der Waals surface area contributed by atoms with Crippen molar-refractivity contribution in [2.75, 3.05) is 37.0 Å². The van der Waals surface area contributed by atoms with E-state index >= 15 is 0 Å². The zero-order chi connectivity index (χ0) is 26.5. The molecule has 1 aliphatic heterocycles. The number of ether oxygens (including phenoxy) is 2. The van der Waals surface area contributed by atoms with Gasteiger partial charge in [0.15, 0.2) is 11.6 Å². The summed E-state index contributed by atoms with van der Waals surface area (Å²) < 4.78 is 40.8. The predicted molar refractivity (Wildman–Crippen MR) is 136 cm³/mol. The number of carbonyl (C=O) groups is 2. The first kappa shape index (κ1) is 27.2. The Balaban J connectivity index is 1.63. The number of carbonyl (C=O) groups excluding carboxylic acids is 2. The highest BCUT2D eigenvalue weighted by molar-refractivity contribution is 6.04. The fourth-order valence-corrected chi connectivity index (χ4v) is 3.87. The van der Waals surface area contributed by atoms with Gasteiger partial charge < -0.3 is 24.6 Å². The maximum absolute atomic E-state index is 15.0. The first-order chi connectivity index (χ1) is 17.0. The zero-order valence-electron chi connectivity index (χ0n) is 21.6. The lowest BCUT2D eigenvalue weighted by Gasteiger charge is -2.29. The van der Waals surface area contributed by atoms with Gasteiger partial charge in [0, 0.05) is 25.7 Å². The summed E-state index contributed by atoms with van der Waals surface area (Å²) in [6.07, 6.45) is 2.08. The van der Waals surface area contributed by atoms with Crippen molar-refractivity contribution in [3.63, 3.8) is 0 Å². The number of nitrogens with zero attached hydrogens (tertiary/aromatic N) is 2. The molecule has 7 nitrogen and oxygen atoms in total. The SMILES string of the molecule is CCCCOc1ccc(C(=O)Nc2ccc(N3CCC(N(C)C(=O)OC(C)(C)C)C3)c(F)c2F)cc1. The minimum atomic E-state index is -1.13. The molecule has 2 amide bonds. The lowest BCUT2D eigenvalue weighted by molar-refractivity contribution is 0.0237. The fourth-order valence-electron chi connectivity index (χ4n) is 3.87. The van der Waals surface area contributed by atoms with Gasteiger partial charge in [-0.2, -0.15) is 0 Å². The molecule has 9 heteroatoms. The summed E-state index contributed by atoms with van der Waals surface area (Å²) >= 11 is 0. The Kier molecular flexibility index (Phi) is 8.76. The van der Waals surface area contributed by atoms with Crippen LogP contribution in [0.15, 0.2) is 36.4 Å². The Labute approximate surface area is 211 Å². The Hall–Kier alpha value is -3.36. The molecule has 3 rings (SSSR count). The summed E-state index contributed by atoms with van der Waals surface area (Å²) in [6.45, 7) is 8.81. The van der Waals surface area contributed by atoms with Crippen LogP contribution in [-0.4, -0.2) is 55.3 Å². The largest absolute Gasteiger partial charge is 0.494 e. The van der Waals surface area contributed by atoms with Crippen LogP contribution in [0.3, 0.4) is 0 Å². The van der Waals surface area contributed by atoms with E-state index in [0.717, 1.165) is 12.8 Å². The highest BCUT2D eigenvalue weighted by Gasteiger charge is 2.32. The second-order valence-corrected chi connectivity index (χ2v) is 9.92. The molecule has 1 fully saturated rings.